The van der Waals surface area contributed by atoms with E-state index in [1.54, 1.807) is 0 Å². The van der Waals surface area contributed by atoms with Crippen molar-refractivity contribution in [2.24, 2.45) is 5.92 Å². The van der Waals surface area contributed by atoms with Crippen LogP contribution in [0.5, 0.6) is 0 Å². The van der Waals surface area contributed by atoms with Crippen molar-refractivity contribution in [1.29, 1.82) is 0 Å². The van der Waals surface area contributed by atoms with E-state index in [1.165, 1.54) is 180 Å². The van der Waals surface area contributed by atoms with Crippen molar-refractivity contribution < 1.29 is 122 Å². The minimum Gasteiger partial charge on any atom is -0.463 e. The number of rotatable bonds is 75. The minimum absolute atomic E-state index is 0.00471. The number of aliphatic hydroxyl groups is 9. The van der Waals surface area contributed by atoms with Crippen molar-refractivity contribution in [3.8, 4) is 0 Å². The van der Waals surface area contributed by atoms with Gasteiger partial charge in [-0.2, -0.15) is 0 Å². The summed E-state index contributed by atoms with van der Waals surface area (Å²) in [5.41, 5.74) is 0. The van der Waals surface area contributed by atoms with E-state index >= 15 is 0 Å². The van der Waals surface area contributed by atoms with E-state index < -0.39 is 162 Å². The lowest BCUT2D eigenvalue weighted by Crippen LogP contribution is -2.70. The molecule has 2 saturated heterocycles. The zero-order valence-electron chi connectivity index (χ0n) is 72.7. The molecule has 3 aliphatic rings. The lowest BCUT2D eigenvalue weighted by Gasteiger charge is -2.50. The van der Waals surface area contributed by atoms with Gasteiger partial charge in [-0.15, -0.1) is 0 Å². The molecule has 19 atom stereocenters. The molecule has 19 unspecified atom stereocenters. The van der Waals surface area contributed by atoms with Crippen LogP contribution in [-0.4, -0.2) is 205 Å². The highest BCUT2D eigenvalue weighted by Crippen LogP contribution is 2.49. The number of carbonyl (C=O) groups is 4. The van der Waals surface area contributed by atoms with Crippen LogP contribution < -0.4 is 0 Å². The van der Waals surface area contributed by atoms with Gasteiger partial charge in [-0.3, -0.25) is 28.2 Å². The fourth-order valence-corrected chi connectivity index (χ4v) is 16.6. The zero-order valence-corrected chi connectivity index (χ0v) is 73.6. The molecule has 0 radical (unpaired) electrons. The SMILES string of the molecule is CCCCCCCC/C=C\CCCCCC(=O)OCC1OC(OC2C(OC(=O)CCCCCCCCCCCCCCC)C(O)C(O)C(OC3OC(CO)C(O)C(O)C3O)C2OP(=O)(O)OCC(COC(=O)CCCCCCCCC(C)CCCCCCCC)OC(=O)CCCCCCCCCCCCCCCCC)C(O)C(O)C1O. The van der Waals surface area contributed by atoms with Crippen molar-refractivity contribution in [3.63, 3.8) is 0 Å². The molecule has 1 saturated carbocycles. The summed E-state index contributed by atoms with van der Waals surface area (Å²) < 4.78 is 73.4. The van der Waals surface area contributed by atoms with Crippen LogP contribution in [0.2, 0.25) is 0 Å². The topological polar surface area (TPSA) is 380 Å². The zero-order chi connectivity index (χ0) is 84.8. The number of hydrogen-bond acceptors (Lipinski definition) is 24. The lowest BCUT2D eigenvalue weighted by molar-refractivity contribution is -0.360. The predicted octanol–water partition coefficient (Wildman–Crippen LogP) is 17.0. The summed E-state index contributed by atoms with van der Waals surface area (Å²) in [6, 6.07) is 0. The molecular weight excluding hydrogens is 1510 g/mol. The maximum Gasteiger partial charge on any atom is 0.472 e. The summed E-state index contributed by atoms with van der Waals surface area (Å²) in [6.45, 7) is 7.92. The van der Waals surface area contributed by atoms with Crippen LogP contribution >= 0.6 is 7.82 Å². The molecule has 0 aromatic heterocycles. The van der Waals surface area contributed by atoms with Crippen LogP contribution in [0.3, 0.4) is 0 Å². The molecular formula is C90H167O25P. The van der Waals surface area contributed by atoms with Crippen LogP contribution in [0.4, 0.5) is 0 Å². The van der Waals surface area contributed by atoms with Crippen LogP contribution in [0.1, 0.15) is 401 Å². The van der Waals surface area contributed by atoms with Crippen LogP contribution in [-0.2, 0) is 70.7 Å². The van der Waals surface area contributed by atoms with Crippen molar-refractivity contribution in [2.45, 2.75) is 505 Å². The average Bonchev–Trinajstić information content (AvgIpc) is 0.754. The van der Waals surface area contributed by atoms with Gasteiger partial charge in [0.05, 0.1) is 13.2 Å². The maximum absolute atomic E-state index is 14.9. The van der Waals surface area contributed by atoms with E-state index in [4.69, 9.17) is 46.9 Å². The Morgan fingerprint density at radius 2 is 0.698 bits per heavy atom. The van der Waals surface area contributed by atoms with Crippen molar-refractivity contribution in [1.82, 2.24) is 0 Å². The van der Waals surface area contributed by atoms with Crippen molar-refractivity contribution in [3.05, 3.63) is 12.2 Å². The number of ether oxygens (including phenoxy) is 8. The molecule has 116 heavy (non-hydrogen) atoms. The second-order valence-electron chi connectivity index (χ2n) is 33.8. The first kappa shape index (κ1) is 107. The first-order valence-electron chi connectivity index (χ1n) is 46.8. The number of hydrogen-bond donors (Lipinski definition) is 10. The van der Waals surface area contributed by atoms with Gasteiger partial charge in [-0.05, 0) is 57.3 Å². The molecule has 0 spiro atoms. The summed E-state index contributed by atoms with van der Waals surface area (Å²) in [6.07, 6.45) is 25.1. The average molecular weight is 1680 g/mol. The van der Waals surface area contributed by atoms with Gasteiger partial charge in [0.25, 0.3) is 0 Å². The molecule has 10 N–H and O–H groups in total. The normalized spacial score (nSPS) is 25.4. The number of aliphatic hydroxyl groups excluding tert-OH is 9. The van der Waals surface area contributed by atoms with Gasteiger partial charge in [0.1, 0.15) is 92.6 Å². The smallest absolute Gasteiger partial charge is 0.463 e. The van der Waals surface area contributed by atoms with E-state index in [-0.39, 0.29) is 25.7 Å². The Balaban J connectivity index is 1.93. The summed E-state index contributed by atoms with van der Waals surface area (Å²) >= 11 is 0. The molecule has 1 aliphatic carbocycles. The Kier molecular flexibility index (Phi) is 63.5. The summed E-state index contributed by atoms with van der Waals surface area (Å²) in [4.78, 5) is 66.5. The van der Waals surface area contributed by atoms with E-state index in [1.807, 2.05) is 0 Å². The van der Waals surface area contributed by atoms with Gasteiger partial charge in [0.15, 0.2) is 24.8 Å². The lowest BCUT2D eigenvalue weighted by atomic mass is 9.84. The molecule has 0 aromatic carbocycles. The second kappa shape index (κ2) is 68.6. The molecule has 26 heteroatoms. The van der Waals surface area contributed by atoms with Gasteiger partial charge >= 0.3 is 31.7 Å². The molecule has 0 bridgehead atoms. The standard InChI is InChI=1S/C90H167O25P/c1-6-10-14-18-22-25-28-31-32-35-38-40-43-51-57-63-75(94)109-70(66-106-73(92)61-55-50-46-45-48-54-60-69(5)59-53-47-21-17-13-9-4)67-108-116(104,105)115-88-86(113-89-83(102)79(98)77(96)71(65-91)110-89)82(101)81(100)85(112-76(95)64-58-52-44-41-37-34-30-27-24-20-16-12-8-3)87(88)114-90-84(103)80(99)78(97)72(111-90)68-107-74(93)62-56-49-42-39-36-33-29-26-23-19-15-11-7-2/h33,36,69-72,77-91,96-103H,6-32,34-35,37-68H2,1-5H3,(H,104,105)/b36-33-. The molecule has 25 nitrogen and oxygen atoms in total. The summed E-state index contributed by atoms with van der Waals surface area (Å²) in [5, 5.41) is 102. The molecule has 0 aromatic rings. The van der Waals surface area contributed by atoms with E-state index in [0.29, 0.717) is 44.4 Å². The number of unbranched alkanes of at least 4 members (excludes halogenated alkanes) is 45. The Hall–Kier alpha value is -2.79. The van der Waals surface area contributed by atoms with Crippen LogP contribution in [0.15, 0.2) is 12.2 Å². The third-order valence-corrected chi connectivity index (χ3v) is 24.2. The third-order valence-electron chi connectivity index (χ3n) is 23.2. The Morgan fingerprint density at radius 1 is 0.362 bits per heavy atom. The second-order valence-corrected chi connectivity index (χ2v) is 35.2. The number of phosphoric ester groups is 1. The first-order chi connectivity index (χ1) is 56.1. The Bertz CT molecular complexity index is 2480. The van der Waals surface area contributed by atoms with E-state index in [0.717, 1.165) is 122 Å². The first-order valence-corrected chi connectivity index (χ1v) is 48.3. The summed E-state index contributed by atoms with van der Waals surface area (Å²) in [5.74, 6) is -2.28. The minimum atomic E-state index is -5.81. The number of phosphoric acid groups is 1. The monoisotopic (exact) mass is 1680 g/mol. The molecule has 2 aliphatic heterocycles. The maximum atomic E-state index is 14.9. The fraction of sp³-hybridized carbons (Fsp3) is 0.933. The van der Waals surface area contributed by atoms with Gasteiger partial charge in [0, 0.05) is 25.7 Å². The van der Waals surface area contributed by atoms with Crippen molar-refractivity contribution in [2.75, 3.05) is 26.4 Å². The molecule has 3 fully saturated rings. The van der Waals surface area contributed by atoms with E-state index in [2.05, 4.69) is 46.8 Å². The highest BCUT2D eigenvalue weighted by atomic mass is 31.2. The van der Waals surface area contributed by atoms with Gasteiger partial charge in [-0.1, -0.05) is 336 Å². The summed E-state index contributed by atoms with van der Waals surface area (Å²) in [7, 11) is -5.81. The predicted molar refractivity (Wildman–Crippen MR) is 449 cm³/mol. The van der Waals surface area contributed by atoms with Crippen LogP contribution in [0, 0.1) is 5.92 Å². The molecule has 3 rings (SSSR count). The fourth-order valence-electron chi connectivity index (χ4n) is 15.6. The quantitative estimate of drug-likeness (QED) is 0.00889. The third kappa shape index (κ3) is 48.9. The molecule has 682 valence electrons. The Labute approximate surface area is 699 Å². The largest absolute Gasteiger partial charge is 0.472 e. The van der Waals surface area contributed by atoms with Crippen LogP contribution in [0.25, 0.3) is 0 Å². The highest BCUT2D eigenvalue weighted by molar-refractivity contribution is 7.47. The van der Waals surface area contributed by atoms with Gasteiger partial charge < -0.3 is 88.7 Å². The highest BCUT2D eigenvalue weighted by Gasteiger charge is 2.60. The Morgan fingerprint density at radius 3 is 1.12 bits per heavy atom. The number of carbonyl (C=O) groups excluding carboxylic acids is 4. The van der Waals surface area contributed by atoms with Gasteiger partial charge in [0.2, 0.25) is 0 Å². The van der Waals surface area contributed by atoms with E-state index in [9.17, 15) is 74.6 Å². The van der Waals surface area contributed by atoms with Gasteiger partial charge in [-0.25, -0.2) is 4.57 Å². The number of esters is 4. The van der Waals surface area contributed by atoms with Crippen molar-refractivity contribution >= 4 is 31.7 Å². The number of allylic oxidation sites excluding steroid dienone is 2. The molecule has 0 amide bonds. The molecule has 2 heterocycles.